The quantitative estimate of drug-likeness (QED) is 0.0937. The van der Waals surface area contributed by atoms with E-state index in [-0.39, 0.29) is 14.7 Å². The molecule has 3 heterocycles. The molecule has 6 rings (SSSR count). The SMILES string of the molecule is C.CO.COc1cc(C)cc(-n2cnc(N)c2)c1.COc1cc(C)cc(-n2cnc([N+](=O)[O-])c2)c1.COc1cc(C)cc(N)c1.O=[N+]([O-])c1cn([N+](=O)[O-])cn1.[HH]. The van der Waals surface area contributed by atoms with Crippen LogP contribution in [0.15, 0.2) is 92.2 Å². The summed E-state index contributed by atoms with van der Waals surface area (Å²) in [6, 6.07) is 17.2. The van der Waals surface area contributed by atoms with Crippen molar-refractivity contribution in [2.75, 3.05) is 39.9 Å². The largest absolute Gasteiger partial charge is 0.497 e. The van der Waals surface area contributed by atoms with Crippen LogP contribution in [0.2, 0.25) is 0 Å². The topological polar surface area (TPSA) is 283 Å². The summed E-state index contributed by atoms with van der Waals surface area (Å²) in [7, 11) is 5.87. The van der Waals surface area contributed by atoms with Crippen LogP contribution in [0.5, 0.6) is 17.2 Å². The maximum Gasteiger partial charge on any atom is 0.388 e. The Kier molecular flexibility index (Phi) is 18.7. The lowest BCUT2D eigenvalue weighted by Crippen LogP contribution is -2.04. The van der Waals surface area contributed by atoms with Gasteiger partial charge in [0.05, 0.1) is 38.9 Å². The molecule has 0 fully saturated rings. The Morgan fingerprint density at radius 2 is 1.02 bits per heavy atom. The zero-order valence-corrected chi connectivity index (χ0v) is 31.0. The zero-order chi connectivity index (χ0) is 41.2. The Bertz CT molecular complexity index is 2140. The number of aromatic nitrogens is 6. The Labute approximate surface area is 323 Å². The Balaban J connectivity index is 0.000000729. The third-order valence-electron chi connectivity index (χ3n) is 6.74. The third kappa shape index (κ3) is 14.5. The van der Waals surface area contributed by atoms with E-state index in [1.807, 2.05) is 67.8 Å². The van der Waals surface area contributed by atoms with Crippen LogP contribution in [0, 0.1) is 51.1 Å². The second kappa shape index (κ2) is 22.5. The van der Waals surface area contributed by atoms with E-state index in [0.29, 0.717) is 16.2 Å². The van der Waals surface area contributed by atoms with Crippen molar-refractivity contribution in [1.82, 2.24) is 28.8 Å². The average molecular weight is 782 g/mol. The molecule has 21 heteroatoms. The van der Waals surface area contributed by atoms with E-state index in [0.717, 1.165) is 64.9 Å². The number of aliphatic hydroxyl groups is 1. The molecule has 56 heavy (non-hydrogen) atoms. The van der Waals surface area contributed by atoms with E-state index in [2.05, 4.69) is 15.0 Å². The minimum Gasteiger partial charge on any atom is -0.497 e. The molecule has 21 nitrogen and oxygen atoms in total. The summed E-state index contributed by atoms with van der Waals surface area (Å²) >= 11 is 0. The number of nitrogen functional groups attached to an aromatic ring is 2. The number of rotatable bonds is 8. The van der Waals surface area contributed by atoms with Crippen molar-refractivity contribution in [2.24, 2.45) is 0 Å². The minimum atomic E-state index is -0.819. The number of nitrogens with zero attached hydrogens (tertiary/aromatic N) is 9. The molecule has 0 unspecified atom stereocenters. The first kappa shape index (κ1) is 46.5. The van der Waals surface area contributed by atoms with Crippen LogP contribution in [0.3, 0.4) is 0 Å². The molecule has 3 aromatic carbocycles. The first-order valence-electron chi connectivity index (χ1n) is 15.6. The van der Waals surface area contributed by atoms with Gasteiger partial charge in [0.1, 0.15) is 35.6 Å². The normalized spacial score (nSPS) is 9.50. The predicted molar refractivity (Wildman–Crippen MR) is 211 cm³/mol. The summed E-state index contributed by atoms with van der Waals surface area (Å²) in [6.45, 7) is 5.93. The van der Waals surface area contributed by atoms with Crippen molar-refractivity contribution in [3.05, 3.63) is 139 Å². The van der Waals surface area contributed by atoms with E-state index in [4.69, 9.17) is 30.8 Å². The molecule has 0 bridgehead atoms. The molecule has 0 aliphatic rings. The molecule has 0 amide bonds. The Hall–Kier alpha value is -7.55. The lowest BCUT2D eigenvalue weighted by Gasteiger charge is -2.06. The summed E-state index contributed by atoms with van der Waals surface area (Å²) in [6.07, 6.45) is 7.72. The van der Waals surface area contributed by atoms with Gasteiger partial charge >= 0.3 is 11.6 Å². The lowest BCUT2D eigenvalue weighted by atomic mass is 10.2. The number of anilines is 2. The molecule has 0 atom stereocenters. The van der Waals surface area contributed by atoms with Crippen LogP contribution in [0.1, 0.15) is 25.5 Å². The number of ether oxygens (including phenoxy) is 3. The van der Waals surface area contributed by atoms with Crippen LogP contribution in [-0.2, 0) is 0 Å². The van der Waals surface area contributed by atoms with Gasteiger partial charge < -0.3 is 55.6 Å². The monoisotopic (exact) mass is 781 g/mol. The maximum atomic E-state index is 10.5. The smallest absolute Gasteiger partial charge is 0.388 e. The average Bonchev–Trinajstić information content (AvgIpc) is 3.94. The summed E-state index contributed by atoms with van der Waals surface area (Å²) in [5, 5.41) is 36.6. The molecule has 302 valence electrons. The van der Waals surface area contributed by atoms with Gasteiger partial charge in [0.25, 0.3) is 6.33 Å². The minimum absolute atomic E-state index is 0. The van der Waals surface area contributed by atoms with Gasteiger partial charge in [-0.25, -0.2) is 15.1 Å². The summed E-state index contributed by atoms with van der Waals surface area (Å²) in [4.78, 5) is 39.9. The van der Waals surface area contributed by atoms with Gasteiger partial charge in [-0.1, -0.05) is 7.43 Å². The molecule has 0 aliphatic carbocycles. The first-order valence-corrected chi connectivity index (χ1v) is 15.6. The number of aryl methyl sites for hydroxylation is 3. The molecule has 0 saturated carbocycles. The summed E-state index contributed by atoms with van der Waals surface area (Å²) < 4.78 is 19.2. The van der Waals surface area contributed by atoms with Crippen LogP contribution in [0.25, 0.3) is 11.4 Å². The van der Waals surface area contributed by atoms with E-state index in [9.17, 15) is 30.3 Å². The van der Waals surface area contributed by atoms with Crippen molar-refractivity contribution >= 4 is 23.1 Å². The second-order valence-electron chi connectivity index (χ2n) is 10.9. The summed E-state index contributed by atoms with van der Waals surface area (Å²) in [5.74, 6) is 2.15. The van der Waals surface area contributed by atoms with Crippen molar-refractivity contribution in [1.29, 1.82) is 0 Å². The number of hydrogen-bond donors (Lipinski definition) is 3. The molecule has 0 radical (unpaired) electrons. The van der Waals surface area contributed by atoms with Crippen LogP contribution in [0.4, 0.5) is 23.1 Å². The third-order valence-corrected chi connectivity index (χ3v) is 6.74. The van der Waals surface area contributed by atoms with Crippen LogP contribution in [-0.4, -0.2) is 77.2 Å². The highest BCUT2D eigenvalue weighted by atomic mass is 16.7. The van der Waals surface area contributed by atoms with Crippen LogP contribution < -0.4 is 25.7 Å². The number of nitrogens with two attached hydrogens (primary N) is 2. The molecule has 0 spiro atoms. The van der Waals surface area contributed by atoms with Crippen molar-refractivity contribution in [3.8, 4) is 28.6 Å². The maximum absolute atomic E-state index is 10.5. The van der Waals surface area contributed by atoms with Gasteiger partial charge in [0.2, 0.25) is 6.33 Å². The molecule has 5 N–H and O–H groups in total. The van der Waals surface area contributed by atoms with Gasteiger partial charge in [-0.2, -0.15) is 0 Å². The Morgan fingerprint density at radius 1 is 0.607 bits per heavy atom. The number of hydrogen-bond acceptors (Lipinski definition) is 15. The molecule has 3 aromatic heterocycles. The fraction of sp³-hybridized carbons (Fsp3) is 0.229. The predicted octanol–water partition coefficient (Wildman–Crippen LogP) is 5.78. The number of aliphatic hydroxyl groups excluding tert-OH is 1. The molecular formula is C35H47N11O10. The highest BCUT2D eigenvalue weighted by Crippen LogP contribution is 2.22. The van der Waals surface area contributed by atoms with Crippen LogP contribution >= 0.6 is 0 Å². The van der Waals surface area contributed by atoms with Gasteiger partial charge in [0, 0.05) is 32.4 Å². The van der Waals surface area contributed by atoms with Gasteiger partial charge in [-0.15, -0.1) is 0 Å². The number of methoxy groups -OCH3 is 3. The first-order chi connectivity index (χ1) is 26.1. The number of imidazole rings is 3. The lowest BCUT2D eigenvalue weighted by molar-refractivity contribution is -0.542. The highest BCUT2D eigenvalue weighted by molar-refractivity contribution is 5.47. The van der Waals surface area contributed by atoms with Crippen molar-refractivity contribution < 1.29 is 35.6 Å². The van der Waals surface area contributed by atoms with Crippen molar-refractivity contribution in [3.63, 3.8) is 0 Å². The molecule has 6 aromatic rings. The van der Waals surface area contributed by atoms with E-state index in [1.54, 1.807) is 50.6 Å². The van der Waals surface area contributed by atoms with Crippen molar-refractivity contribution in [2.45, 2.75) is 28.2 Å². The fourth-order valence-electron chi connectivity index (χ4n) is 4.40. The van der Waals surface area contributed by atoms with E-state index >= 15 is 0 Å². The molecular weight excluding hydrogens is 734 g/mol. The standard InChI is InChI=1S/C11H11N3O3.C11H13N3O.C8H11NO.C3H2N4O4.CH4O.CH4.H2/c1-8-3-9(5-10(4-8)17-2)13-6-11(12-7-13)14(15)16;1-8-3-9(5-10(4-8)15-2)14-6-11(12)13-7-14;1-6-3-7(9)5-8(4-6)10-2;8-6(9)3-1-5(2-4-3)7(10)11;1-2;;/h3-7H,1-2H3;3-7H,12H2,1-2H3;3-5H,9H2,1-2H3;1-2H;2H,1H3;1H4;1H. The van der Waals surface area contributed by atoms with E-state index in [1.165, 1.54) is 12.5 Å². The second-order valence-corrected chi connectivity index (χ2v) is 10.9. The fourth-order valence-corrected chi connectivity index (χ4v) is 4.40. The Morgan fingerprint density at radius 3 is 1.38 bits per heavy atom. The van der Waals surface area contributed by atoms with Gasteiger partial charge in [0.15, 0.2) is 11.2 Å². The number of nitro groups is 3. The molecule has 0 saturated heterocycles. The van der Waals surface area contributed by atoms with Gasteiger partial charge in [-0.3, -0.25) is 4.57 Å². The highest BCUT2D eigenvalue weighted by Gasteiger charge is 2.15. The zero-order valence-electron chi connectivity index (χ0n) is 31.0. The summed E-state index contributed by atoms with van der Waals surface area (Å²) in [5.41, 5.74) is 16.9. The van der Waals surface area contributed by atoms with E-state index < -0.39 is 20.7 Å². The number of benzene rings is 3. The molecule has 0 aliphatic heterocycles. The van der Waals surface area contributed by atoms with Gasteiger partial charge in [-0.05, 0) is 98.4 Å².